The summed E-state index contributed by atoms with van der Waals surface area (Å²) in [6.45, 7) is 4.43. The summed E-state index contributed by atoms with van der Waals surface area (Å²) < 4.78 is 73.1. The van der Waals surface area contributed by atoms with E-state index in [2.05, 4.69) is 13.8 Å². The molecule has 2 N–H and O–H groups in total. The van der Waals surface area contributed by atoms with Gasteiger partial charge in [0.1, 0.15) is 0 Å². The fourth-order valence-electron chi connectivity index (χ4n) is 7.73. The molecule has 8 nitrogen and oxygen atoms in total. The van der Waals surface area contributed by atoms with E-state index >= 15 is 0 Å². The monoisotopic (exact) mass is 452 g/mol. The topological polar surface area (TPSA) is 127 Å². The van der Waals surface area contributed by atoms with Crippen molar-refractivity contribution in [3.63, 3.8) is 0 Å². The van der Waals surface area contributed by atoms with Crippen LogP contribution < -0.4 is 0 Å². The normalized spacial score (nSPS) is 47.9. The van der Waals surface area contributed by atoms with Crippen LogP contribution in [0.3, 0.4) is 0 Å². The van der Waals surface area contributed by atoms with Gasteiger partial charge in [0, 0.05) is 0 Å². The minimum Gasteiger partial charge on any atom is -0.264 e. The Hall–Kier alpha value is -0.260. The van der Waals surface area contributed by atoms with Gasteiger partial charge in [-0.25, -0.2) is 8.37 Å². The first-order chi connectivity index (χ1) is 13.3. The molecule has 0 aromatic heterocycles. The molecule has 0 radical (unpaired) electrons. The summed E-state index contributed by atoms with van der Waals surface area (Å²) in [5.41, 5.74) is -0.142. The van der Waals surface area contributed by atoms with Crippen molar-refractivity contribution in [3.05, 3.63) is 0 Å². The van der Waals surface area contributed by atoms with E-state index in [0.29, 0.717) is 42.9 Å². The van der Waals surface area contributed by atoms with Gasteiger partial charge in [-0.3, -0.25) is 9.11 Å². The Morgan fingerprint density at radius 2 is 1.38 bits per heavy atom. The van der Waals surface area contributed by atoms with E-state index in [0.717, 1.165) is 38.5 Å². The Kier molecular flexibility index (Phi) is 5.40. The van der Waals surface area contributed by atoms with Crippen molar-refractivity contribution in [1.29, 1.82) is 0 Å². The Labute approximate surface area is 173 Å². The molecule has 0 spiro atoms. The molecule has 0 aliphatic heterocycles. The molecule has 0 aromatic rings. The van der Waals surface area contributed by atoms with Crippen molar-refractivity contribution in [2.24, 2.45) is 34.5 Å². The second kappa shape index (κ2) is 7.13. The first-order valence-electron chi connectivity index (χ1n) is 10.6. The Morgan fingerprint density at radius 3 is 2.03 bits per heavy atom. The van der Waals surface area contributed by atoms with Gasteiger partial charge in [-0.2, -0.15) is 16.8 Å². The third-order valence-electron chi connectivity index (χ3n) is 9.03. The molecule has 168 valence electrons. The molecule has 0 bridgehead atoms. The molecule has 0 saturated heterocycles. The molecular formula is C19H32O8S2. The van der Waals surface area contributed by atoms with E-state index in [-0.39, 0.29) is 10.8 Å². The van der Waals surface area contributed by atoms with Gasteiger partial charge in [-0.1, -0.05) is 13.8 Å². The molecule has 10 heteroatoms. The first-order valence-corrected chi connectivity index (χ1v) is 13.4. The lowest BCUT2D eigenvalue weighted by molar-refractivity contribution is -0.129. The average molecular weight is 453 g/mol. The third kappa shape index (κ3) is 4.01. The van der Waals surface area contributed by atoms with Crippen molar-refractivity contribution in [2.75, 3.05) is 0 Å². The molecule has 29 heavy (non-hydrogen) atoms. The number of rotatable bonds is 4. The molecule has 4 saturated carbocycles. The minimum atomic E-state index is -4.46. The first kappa shape index (κ1) is 22.0. The van der Waals surface area contributed by atoms with Gasteiger partial charge in [0.15, 0.2) is 0 Å². The molecule has 4 aliphatic carbocycles. The van der Waals surface area contributed by atoms with Gasteiger partial charge in [0.25, 0.3) is 0 Å². The Morgan fingerprint density at radius 1 is 0.759 bits per heavy atom. The number of hydrogen-bond acceptors (Lipinski definition) is 6. The van der Waals surface area contributed by atoms with Gasteiger partial charge in [-0.05, 0) is 92.3 Å². The van der Waals surface area contributed by atoms with E-state index < -0.39 is 33.0 Å². The summed E-state index contributed by atoms with van der Waals surface area (Å²) in [4.78, 5) is 0. The van der Waals surface area contributed by atoms with Crippen LogP contribution in [0.5, 0.6) is 0 Å². The third-order valence-corrected chi connectivity index (χ3v) is 10.0. The van der Waals surface area contributed by atoms with Crippen molar-refractivity contribution < 1.29 is 34.3 Å². The highest BCUT2D eigenvalue weighted by molar-refractivity contribution is 7.81. The Balaban J connectivity index is 1.51. The second-order valence-electron chi connectivity index (χ2n) is 10.2. The standard InChI is InChI=1S/C19H32O8S2/c1-18-9-7-13(26-28(20,21)22)11-12(18)3-4-14-15-5-6-17(27-29(23,24)25)19(15,2)10-8-16(14)18/h12-17H,3-11H2,1-2H3,(H,20,21,22)(H,23,24,25)/t12-,13+,14-,15-,16-,17+,18-,19-/m0/s1. The number of hydrogen-bond donors (Lipinski definition) is 2. The zero-order valence-corrected chi connectivity index (χ0v) is 18.6. The molecule has 4 aliphatic rings. The van der Waals surface area contributed by atoms with Crippen LogP contribution in [-0.2, 0) is 29.2 Å². The maximum absolute atomic E-state index is 11.3. The molecule has 4 fully saturated rings. The summed E-state index contributed by atoms with van der Waals surface area (Å²) in [7, 11) is -8.89. The van der Waals surface area contributed by atoms with Crippen molar-refractivity contribution in [1.82, 2.24) is 0 Å². The van der Waals surface area contributed by atoms with Crippen LogP contribution in [0.25, 0.3) is 0 Å². The predicted octanol–water partition coefficient (Wildman–Crippen LogP) is 3.41. The lowest BCUT2D eigenvalue weighted by Crippen LogP contribution is -2.54. The van der Waals surface area contributed by atoms with Gasteiger partial charge in [-0.15, -0.1) is 0 Å². The van der Waals surface area contributed by atoms with Crippen LogP contribution in [0.2, 0.25) is 0 Å². The van der Waals surface area contributed by atoms with Gasteiger partial charge < -0.3 is 0 Å². The average Bonchev–Trinajstić information content (AvgIpc) is 2.89. The quantitative estimate of drug-likeness (QED) is 0.621. The van der Waals surface area contributed by atoms with Crippen LogP contribution in [0.4, 0.5) is 0 Å². The van der Waals surface area contributed by atoms with Gasteiger partial charge >= 0.3 is 20.8 Å². The SMILES string of the molecule is C[C@]12CC[C@@H](OS(=O)(=O)O)C[C@@H]1CC[C@@H]1[C@@H]2CC[C@]2(C)[C@H](OS(=O)(=O)O)CC[C@@H]12. The Bertz CT molecular complexity index is 855. The molecule has 0 aromatic carbocycles. The highest BCUT2D eigenvalue weighted by atomic mass is 32.3. The molecular weight excluding hydrogens is 420 g/mol. The van der Waals surface area contributed by atoms with E-state index in [1.807, 2.05) is 0 Å². The molecule has 0 amide bonds. The number of fused-ring (bicyclic) bond motifs is 5. The lowest BCUT2D eigenvalue weighted by Gasteiger charge is -2.60. The molecule has 4 rings (SSSR count). The van der Waals surface area contributed by atoms with Crippen LogP contribution in [0.1, 0.15) is 71.6 Å². The smallest absolute Gasteiger partial charge is 0.264 e. The summed E-state index contributed by atoms with van der Waals surface area (Å²) in [5.74, 6) is 1.73. The summed E-state index contributed by atoms with van der Waals surface area (Å²) in [6.07, 6.45) is 6.64. The summed E-state index contributed by atoms with van der Waals surface area (Å²) in [5, 5.41) is 0. The van der Waals surface area contributed by atoms with E-state index in [1.165, 1.54) is 0 Å². The molecule has 0 unspecified atom stereocenters. The molecule has 0 heterocycles. The predicted molar refractivity (Wildman–Crippen MR) is 105 cm³/mol. The highest BCUT2D eigenvalue weighted by Gasteiger charge is 2.61. The summed E-state index contributed by atoms with van der Waals surface area (Å²) >= 11 is 0. The van der Waals surface area contributed by atoms with Crippen LogP contribution in [0, 0.1) is 34.5 Å². The lowest BCUT2D eigenvalue weighted by atomic mass is 9.45. The maximum atomic E-state index is 11.3. The fraction of sp³-hybridized carbons (Fsp3) is 1.00. The zero-order chi connectivity index (χ0) is 21.2. The second-order valence-corrected chi connectivity index (χ2v) is 12.3. The van der Waals surface area contributed by atoms with Crippen molar-refractivity contribution in [3.8, 4) is 0 Å². The van der Waals surface area contributed by atoms with Crippen molar-refractivity contribution in [2.45, 2.75) is 83.8 Å². The van der Waals surface area contributed by atoms with Crippen LogP contribution in [0.15, 0.2) is 0 Å². The van der Waals surface area contributed by atoms with Gasteiger partial charge in [0.2, 0.25) is 0 Å². The van der Waals surface area contributed by atoms with Crippen LogP contribution >= 0.6 is 0 Å². The molecule has 8 atom stereocenters. The fourth-order valence-corrected chi connectivity index (χ4v) is 8.86. The van der Waals surface area contributed by atoms with E-state index in [4.69, 9.17) is 12.9 Å². The minimum absolute atomic E-state index is 0.103. The van der Waals surface area contributed by atoms with Crippen molar-refractivity contribution >= 4 is 20.8 Å². The summed E-state index contributed by atoms with van der Waals surface area (Å²) in [6, 6.07) is 0. The van der Waals surface area contributed by atoms with E-state index in [1.54, 1.807) is 0 Å². The van der Waals surface area contributed by atoms with E-state index in [9.17, 15) is 21.4 Å². The maximum Gasteiger partial charge on any atom is 0.397 e. The van der Waals surface area contributed by atoms with Crippen LogP contribution in [-0.4, -0.2) is 38.1 Å². The zero-order valence-electron chi connectivity index (χ0n) is 17.0. The van der Waals surface area contributed by atoms with Gasteiger partial charge in [0.05, 0.1) is 12.2 Å². The largest absolute Gasteiger partial charge is 0.397 e. The highest BCUT2D eigenvalue weighted by Crippen LogP contribution is 2.66.